The SMILES string of the molecule is Cc1cc(-n2ccnc(NN)c2=O)ccc1Br. The van der Waals surface area contributed by atoms with Gasteiger partial charge in [0.25, 0.3) is 5.56 Å². The molecule has 0 spiro atoms. The topological polar surface area (TPSA) is 72.9 Å². The van der Waals surface area contributed by atoms with Crippen molar-refractivity contribution in [3.05, 3.63) is 51.0 Å². The molecule has 0 fully saturated rings. The monoisotopic (exact) mass is 294 g/mol. The van der Waals surface area contributed by atoms with E-state index in [1.54, 1.807) is 6.20 Å². The zero-order valence-corrected chi connectivity index (χ0v) is 10.7. The van der Waals surface area contributed by atoms with Gasteiger partial charge in [0.05, 0.1) is 0 Å². The van der Waals surface area contributed by atoms with Gasteiger partial charge in [-0.1, -0.05) is 15.9 Å². The quantitative estimate of drug-likeness (QED) is 0.652. The maximum absolute atomic E-state index is 11.9. The summed E-state index contributed by atoms with van der Waals surface area (Å²) >= 11 is 3.42. The molecule has 1 aromatic carbocycles. The van der Waals surface area contributed by atoms with Crippen LogP contribution in [0.2, 0.25) is 0 Å². The Labute approximate surface area is 106 Å². The first-order chi connectivity index (χ1) is 8.13. The summed E-state index contributed by atoms with van der Waals surface area (Å²) < 4.78 is 2.49. The van der Waals surface area contributed by atoms with E-state index in [-0.39, 0.29) is 11.4 Å². The van der Waals surface area contributed by atoms with E-state index in [2.05, 4.69) is 26.3 Å². The molecule has 1 aromatic heterocycles. The highest BCUT2D eigenvalue weighted by molar-refractivity contribution is 9.10. The van der Waals surface area contributed by atoms with Gasteiger partial charge in [0.15, 0.2) is 0 Å². The van der Waals surface area contributed by atoms with Crippen LogP contribution in [-0.2, 0) is 0 Å². The average molecular weight is 295 g/mol. The van der Waals surface area contributed by atoms with Crippen LogP contribution in [0.15, 0.2) is 39.9 Å². The van der Waals surface area contributed by atoms with Crippen LogP contribution in [0.3, 0.4) is 0 Å². The summed E-state index contributed by atoms with van der Waals surface area (Å²) in [6, 6.07) is 5.65. The summed E-state index contributed by atoms with van der Waals surface area (Å²) in [6.07, 6.45) is 3.12. The number of nitrogens with two attached hydrogens (primary N) is 1. The van der Waals surface area contributed by atoms with Crippen LogP contribution in [-0.4, -0.2) is 9.55 Å². The fourth-order valence-corrected chi connectivity index (χ4v) is 1.74. The van der Waals surface area contributed by atoms with Crippen LogP contribution in [0.4, 0.5) is 5.82 Å². The third-order valence-electron chi connectivity index (χ3n) is 2.40. The molecule has 6 heteroatoms. The molecule has 0 aliphatic rings. The number of rotatable bonds is 2. The number of aryl methyl sites for hydroxylation is 1. The van der Waals surface area contributed by atoms with Crippen LogP contribution in [0.5, 0.6) is 0 Å². The number of hydrogen-bond acceptors (Lipinski definition) is 4. The molecule has 0 radical (unpaired) electrons. The van der Waals surface area contributed by atoms with E-state index >= 15 is 0 Å². The van der Waals surface area contributed by atoms with Gasteiger partial charge in [-0.05, 0) is 30.7 Å². The predicted molar refractivity (Wildman–Crippen MR) is 70.1 cm³/mol. The Kier molecular flexibility index (Phi) is 3.26. The van der Waals surface area contributed by atoms with Crippen molar-refractivity contribution in [2.24, 2.45) is 5.84 Å². The van der Waals surface area contributed by atoms with Crippen molar-refractivity contribution < 1.29 is 0 Å². The largest absolute Gasteiger partial charge is 0.304 e. The number of hydrogen-bond donors (Lipinski definition) is 2. The molecule has 5 nitrogen and oxygen atoms in total. The van der Waals surface area contributed by atoms with Gasteiger partial charge in [-0.2, -0.15) is 0 Å². The van der Waals surface area contributed by atoms with Gasteiger partial charge in [-0.15, -0.1) is 0 Å². The number of nitrogen functional groups attached to an aromatic ring is 1. The third kappa shape index (κ3) is 2.22. The first-order valence-corrected chi connectivity index (χ1v) is 5.73. The molecule has 3 N–H and O–H groups in total. The molecule has 17 heavy (non-hydrogen) atoms. The van der Waals surface area contributed by atoms with Crippen LogP contribution in [0.1, 0.15) is 5.56 Å². The highest BCUT2D eigenvalue weighted by Gasteiger charge is 2.05. The summed E-state index contributed by atoms with van der Waals surface area (Å²) in [6.45, 7) is 1.96. The molecule has 0 aliphatic heterocycles. The van der Waals surface area contributed by atoms with E-state index in [0.29, 0.717) is 0 Å². The number of benzene rings is 1. The Hall–Kier alpha value is -1.66. The molecule has 0 saturated heterocycles. The Morgan fingerprint density at radius 2 is 2.24 bits per heavy atom. The van der Waals surface area contributed by atoms with Crippen LogP contribution in [0, 0.1) is 6.92 Å². The predicted octanol–water partition coefficient (Wildman–Crippen LogP) is 1.59. The van der Waals surface area contributed by atoms with Gasteiger partial charge in [-0.25, -0.2) is 10.8 Å². The number of nitrogens with zero attached hydrogens (tertiary/aromatic N) is 2. The number of hydrazine groups is 1. The molecule has 2 rings (SSSR count). The lowest BCUT2D eigenvalue weighted by molar-refractivity contribution is 0.950. The standard InChI is InChI=1S/C11H11BrN4O/c1-7-6-8(2-3-9(7)12)16-5-4-14-10(15-13)11(16)17/h2-6H,13H2,1H3,(H,14,15). The molecule has 2 aromatic rings. The maximum atomic E-state index is 11.9. The van der Waals surface area contributed by atoms with Crippen molar-refractivity contribution in [1.82, 2.24) is 9.55 Å². The van der Waals surface area contributed by atoms with Crippen LogP contribution < -0.4 is 16.8 Å². The lowest BCUT2D eigenvalue weighted by Crippen LogP contribution is -2.25. The second kappa shape index (κ2) is 4.68. The Bertz CT molecular complexity index is 609. The van der Waals surface area contributed by atoms with E-state index in [9.17, 15) is 4.79 Å². The molecule has 0 atom stereocenters. The first-order valence-electron chi connectivity index (χ1n) is 4.94. The number of halogens is 1. The van der Waals surface area contributed by atoms with Crippen molar-refractivity contribution in [1.29, 1.82) is 0 Å². The molecule has 0 unspecified atom stereocenters. The summed E-state index contributed by atoms with van der Waals surface area (Å²) in [5.41, 5.74) is 3.82. The van der Waals surface area contributed by atoms with E-state index in [1.807, 2.05) is 25.1 Å². The second-order valence-electron chi connectivity index (χ2n) is 3.53. The minimum absolute atomic E-state index is 0.119. The summed E-state index contributed by atoms with van der Waals surface area (Å²) in [5, 5.41) is 0. The van der Waals surface area contributed by atoms with Crippen LogP contribution >= 0.6 is 15.9 Å². The maximum Gasteiger partial charge on any atom is 0.299 e. The van der Waals surface area contributed by atoms with Crippen molar-refractivity contribution in [3.8, 4) is 5.69 Å². The molecule has 0 saturated carbocycles. The molecule has 0 bridgehead atoms. The zero-order chi connectivity index (χ0) is 12.4. The van der Waals surface area contributed by atoms with Crippen molar-refractivity contribution in [2.45, 2.75) is 6.92 Å². The zero-order valence-electron chi connectivity index (χ0n) is 9.14. The minimum Gasteiger partial charge on any atom is -0.304 e. The Morgan fingerprint density at radius 3 is 2.88 bits per heavy atom. The van der Waals surface area contributed by atoms with Gasteiger partial charge in [0, 0.05) is 22.6 Å². The third-order valence-corrected chi connectivity index (χ3v) is 3.29. The Balaban J connectivity index is 2.61. The first kappa shape index (κ1) is 11.8. The molecular weight excluding hydrogens is 284 g/mol. The number of anilines is 1. The van der Waals surface area contributed by atoms with E-state index in [4.69, 9.17) is 5.84 Å². The smallest absolute Gasteiger partial charge is 0.299 e. The van der Waals surface area contributed by atoms with Crippen molar-refractivity contribution >= 4 is 21.7 Å². The molecule has 0 aliphatic carbocycles. The summed E-state index contributed by atoms with van der Waals surface area (Å²) in [4.78, 5) is 15.8. The summed E-state index contributed by atoms with van der Waals surface area (Å²) in [5.74, 6) is 5.34. The lowest BCUT2D eigenvalue weighted by Gasteiger charge is -2.08. The minimum atomic E-state index is -0.281. The average Bonchev–Trinajstić information content (AvgIpc) is 2.33. The highest BCUT2D eigenvalue weighted by Crippen LogP contribution is 2.18. The molecule has 0 amide bonds. The Morgan fingerprint density at radius 1 is 1.47 bits per heavy atom. The van der Waals surface area contributed by atoms with E-state index < -0.39 is 0 Å². The van der Waals surface area contributed by atoms with Gasteiger partial charge in [0.2, 0.25) is 5.82 Å². The van der Waals surface area contributed by atoms with Gasteiger partial charge >= 0.3 is 0 Å². The molecule has 1 heterocycles. The van der Waals surface area contributed by atoms with E-state index in [0.717, 1.165) is 15.7 Å². The highest BCUT2D eigenvalue weighted by atomic mass is 79.9. The lowest BCUT2D eigenvalue weighted by atomic mass is 10.2. The summed E-state index contributed by atoms with van der Waals surface area (Å²) in [7, 11) is 0. The van der Waals surface area contributed by atoms with Crippen molar-refractivity contribution in [3.63, 3.8) is 0 Å². The number of nitrogens with one attached hydrogen (secondary N) is 1. The normalized spacial score (nSPS) is 10.3. The molecular formula is C11H11BrN4O. The van der Waals surface area contributed by atoms with E-state index in [1.165, 1.54) is 10.8 Å². The van der Waals surface area contributed by atoms with Gasteiger partial charge in [0.1, 0.15) is 0 Å². The molecule has 88 valence electrons. The van der Waals surface area contributed by atoms with Gasteiger partial charge < -0.3 is 5.43 Å². The van der Waals surface area contributed by atoms with Crippen molar-refractivity contribution in [2.75, 3.05) is 5.43 Å². The second-order valence-corrected chi connectivity index (χ2v) is 4.38. The van der Waals surface area contributed by atoms with Crippen LogP contribution in [0.25, 0.3) is 5.69 Å². The number of aromatic nitrogens is 2. The van der Waals surface area contributed by atoms with Gasteiger partial charge in [-0.3, -0.25) is 9.36 Å². The fraction of sp³-hybridized carbons (Fsp3) is 0.0909. The fourth-order valence-electron chi connectivity index (χ4n) is 1.49.